The van der Waals surface area contributed by atoms with Gasteiger partial charge in [-0.2, -0.15) is 0 Å². The van der Waals surface area contributed by atoms with Crippen molar-refractivity contribution in [2.24, 2.45) is 0 Å². The van der Waals surface area contributed by atoms with E-state index in [0.29, 0.717) is 0 Å². The van der Waals surface area contributed by atoms with E-state index in [2.05, 4.69) is 78.9 Å². The second kappa shape index (κ2) is 8.90. The summed E-state index contributed by atoms with van der Waals surface area (Å²) in [5.74, 6) is 0.227. The highest BCUT2D eigenvalue weighted by Gasteiger charge is 2.26. The van der Waals surface area contributed by atoms with Gasteiger partial charge in [-0.1, -0.05) is 63.2 Å². The Kier molecular flexibility index (Phi) is 5.53. The van der Waals surface area contributed by atoms with Crippen LogP contribution in [0.2, 0.25) is 0 Å². The number of aromatic nitrogens is 3. The van der Waals surface area contributed by atoms with Crippen LogP contribution in [0.25, 0.3) is 38.9 Å². The molecule has 0 spiro atoms. The van der Waals surface area contributed by atoms with Crippen LogP contribution in [0.1, 0.15) is 37.6 Å². The van der Waals surface area contributed by atoms with Crippen molar-refractivity contribution in [1.29, 1.82) is 0 Å². The van der Waals surface area contributed by atoms with Gasteiger partial charge >= 0.3 is 0 Å². The minimum atomic E-state index is -0.254. The summed E-state index contributed by atoms with van der Waals surface area (Å²) in [4.78, 5) is 9.87. The lowest BCUT2D eigenvalue weighted by molar-refractivity contribution is 0.473. The van der Waals surface area contributed by atoms with Gasteiger partial charge in [-0.05, 0) is 72.1 Å². The van der Waals surface area contributed by atoms with Gasteiger partial charge in [-0.3, -0.25) is 9.55 Å². The highest BCUT2D eigenvalue weighted by atomic mass is 16.3. The molecule has 1 N–H and O–H groups in total. The molecule has 3 aromatic heterocycles. The Morgan fingerprint density at radius 3 is 2.38 bits per heavy atom. The van der Waals surface area contributed by atoms with Crippen LogP contribution in [-0.4, -0.2) is 19.6 Å². The number of benzene rings is 3. The maximum atomic E-state index is 10.7. The van der Waals surface area contributed by atoms with Crippen molar-refractivity contribution in [2.45, 2.75) is 32.6 Å². The highest BCUT2D eigenvalue weighted by Crippen LogP contribution is 2.37. The lowest BCUT2D eigenvalue weighted by Crippen LogP contribution is -2.20. The van der Waals surface area contributed by atoms with E-state index in [1.54, 1.807) is 6.07 Å². The fourth-order valence-corrected chi connectivity index (χ4v) is 5.18. The number of fused-ring (bicyclic) bond motifs is 3. The van der Waals surface area contributed by atoms with Gasteiger partial charge < -0.3 is 5.11 Å². The third-order valence-electron chi connectivity index (χ3n) is 7.37. The molecule has 0 aliphatic heterocycles. The third kappa shape index (κ3) is 3.86. The Hall–Kier alpha value is -4.44. The SMILES string of the molecule is CCc1cc(-c2ccc3c4ccccc4n(-c4ccccc4O)c3n2)cc(C(C)(C)c2ccccn2)c1. The summed E-state index contributed by atoms with van der Waals surface area (Å²) in [7, 11) is 0. The van der Waals surface area contributed by atoms with Gasteiger partial charge in [0.1, 0.15) is 11.4 Å². The summed E-state index contributed by atoms with van der Waals surface area (Å²) >= 11 is 0. The smallest absolute Gasteiger partial charge is 0.146 e. The van der Waals surface area contributed by atoms with E-state index < -0.39 is 0 Å². The monoisotopic (exact) mass is 483 g/mol. The standard InChI is InChI=1S/C33H29N3O/c1-4-22-19-23(21-24(20-22)33(2,3)31-15-9-10-18-34-31)27-17-16-26-25-11-5-6-12-28(25)36(32(26)35-27)29-13-7-8-14-30(29)37/h5-21,37H,4H2,1-3H3. The van der Waals surface area contributed by atoms with E-state index in [1.807, 2.05) is 48.7 Å². The van der Waals surface area contributed by atoms with Crippen LogP contribution in [0.5, 0.6) is 5.75 Å². The zero-order valence-electron chi connectivity index (χ0n) is 21.3. The van der Waals surface area contributed by atoms with Crippen LogP contribution in [0.15, 0.2) is 103 Å². The lowest BCUT2D eigenvalue weighted by Gasteiger charge is -2.26. The maximum Gasteiger partial charge on any atom is 0.146 e. The summed E-state index contributed by atoms with van der Waals surface area (Å²) in [5.41, 5.74) is 7.80. The van der Waals surface area contributed by atoms with E-state index in [-0.39, 0.29) is 11.2 Å². The Labute approximate surface area is 216 Å². The van der Waals surface area contributed by atoms with Gasteiger partial charge in [0.05, 0.1) is 22.6 Å². The summed E-state index contributed by atoms with van der Waals surface area (Å²) in [6.07, 6.45) is 2.79. The maximum absolute atomic E-state index is 10.7. The number of hydrogen-bond acceptors (Lipinski definition) is 3. The van der Waals surface area contributed by atoms with E-state index in [0.717, 1.165) is 51.0 Å². The number of para-hydroxylation sites is 3. The van der Waals surface area contributed by atoms with Gasteiger partial charge in [0.15, 0.2) is 0 Å². The molecule has 4 nitrogen and oxygen atoms in total. The molecule has 0 amide bonds. The molecule has 0 saturated heterocycles. The molecule has 0 radical (unpaired) electrons. The Morgan fingerprint density at radius 1 is 0.811 bits per heavy atom. The van der Waals surface area contributed by atoms with Crippen LogP contribution in [-0.2, 0) is 11.8 Å². The van der Waals surface area contributed by atoms with Crippen molar-refractivity contribution in [3.63, 3.8) is 0 Å². The van der Waals surface area contributed by atoms with Crippen molar-refractivity contribution in [1.82, 2.24) is 14.5 Å². The van der Waals surface area contributed by atoms with Gasteiger partial charge in [0, 0.05) is 27.9 Å². The topological polar surface area (TPSA) is 50.9 Å². The van der Waals surface area contributed by atoms with Gasteiger partial charge in [-0.25, -0.2) is 4.98 Å². The number of rotatable bonds is 5. The van der Waals surface area contributed by atoms with Crippen LogP contribution < -0.4 is 0 Å². The largest absolute Gasteiger partial charge is 0.506 e. The average molecular weight is 484 g/mol. The fourth-order valence-electron chi connectivity index (χ4n) is 5.18. The normalized spacial score (nSPS) is 11.9. The predicted octanol–water partition coefficient (Wildman–Crippen LogP) is 7.83. The Morgan fingerprint density at radius 2 is 1.59 bits per heavy atom. The quantitative estimate of drug-likeness (QED) is 0.272. The van der Waals surface area contributed by atoms with Crippen molar-refractivity contribution < 1.29 is 5.11 Å². The molecule has 3 heterocycles. The van der Waals surface area contributed by atoms with Gasteiger partial charge in [0.25, 0.3) is 0 Å². The minimum absolute atomic E-state index is 0.227. The van der Waals surface area contributed by atoms with Crippen molar-refractivity contribution in [3.05, 3.63) is 120 Å². The molecule has 0 saturated carbocycles. The molecule has 4 heteroatoms. The first-order valence-corrected chi connectivity index (χ1v) is 12.7. The Balaban J connectivity index is 1.58. The molecule has 0 atom stereocenters. The number of pyridine rings is 2. The number of phenols is 1. The van der Waals surface area contributed by atoms with Crippen molar-refractivity contribution in [2.75, 3.05) is 0 Å². The number of phenolic OH excluding ortho intramolecular Hbond substituents is 1. The van der Waals surface area contributed by atoms with Gasteiger partial charge in [-0.15, -0.1) is 0 Å². The molecule has 0 unspecified atom stereocenters. The van der Waals surface area contributed by atoms with Crippen LogP contribution in [0.4, 0.5) is 0 Å². The number of nitrogens with zero attached hydrogens (tertiary/aromatic N) is 3. The predicted molar refractivity (Wildman–Crippen MR) is 151 cm³/mol. The van der Waals surface area contributed by atoms with E-state index in [1.165, 1.54) is 11.1 Å². The number of aryl methyl sites for hydroxylation is 1. The third-order valence-corrected chi connectivity index (χ3v) is 7.37. The summed E-state index contributed by atoms with van der Waals surface area (Å²) in [6.45, 7) is 6.63. The first-order chi connectivity index (χ1) is 18.0. The molecule has 3 aromatic carbocycles. The number of aromatic hydroxyl groups is 1. The minimum Gasteiger partial charge on any atom is -0.506 e. The second-order valence-corrected chi connectivity index (χ2v) is 10.0. The molecule has 37 heavy (non-hydrogen) atoms. The molecule has 0 fully saturated rings. The number of hydrogen-bond donors (Lipinski definition) is 1. The van der Waals surface area contributed by atoms with Crippen molar-refractivity contribution >= 4 is 21.9 Å². The molecular formula is C33H29N3O. The fraction of sp³-hybridized carbons (Fsp3) is 0.152. The lowest BCUT2D eigenvalue weighted by atomic mass is 9.79. The zero-order chi connectivity index (χ0) is 25.6. The molecular weight excluding hydrogens is 454 g/mol. The van der Waals surface area contributed by atoms with Gasteiger partial charge in [0.2, 0.25) is 0 Å². The zero-order valence-corrected chi connectivity index (χ0v) is 21.3. The van der Waals surface area contributed by atoms with E-state index in [9.17, 15) is 5.11 Å². The molecule has 0 bridgehead atoms. The van der Waals surface area contributed by atoms with Crippen LogP contribution in [0, 0.1) is 0 Å². The molecule has 0 aliphatic carbocycles. The molecule has 6 rings (SSSR count). The summed E-state index contributed by atoms with van der Waals surface area (Å²) in [6, 6.07) is 32.8. The van der Waals surface area contributed by atoms with Crippen molar-refractivity contribution in [3.8, 4) is 22.7 Å². The first-order valence-electron chi connectivity index (χ1n) is 12.7. The first kappa shape index (κ1) is 23.0. The van der Waals surface area contributed by atoms with Crippen LogP contribution in [0.3, 0.4) is 0 Å². The summed E-state index contributed by atoms with van der Waals surface area (Å²) < 4.78 is 2.06. The Bertz CT molecular complexity index is 1750. The van der Waals surface area contributed by atoms with E-state index in [4.69, 9.17) is 4.98 Å². The molecule has 0 aliphatic rings. The van der Waals surface area contributed by atoms with E-state index >= 15 is 0 Å². The molecule has 182 valence electrons. The highest BCUT2D eigenvalue weighted by molar-refractivity contribution is 6.08. The molecule has 6 aromatic rings. The van der Waals surface area contributed by atoms with Crippen LogP contribution >= 0.6 is 0 Å². The average Bonchev–Trinajstić information content (AvgIpc) is 3.27. The second-order valence-electron chi connectivity index (χ2n) is 10.0. The summed E-state index contributed by atoms with van der Waals surface area (Å²) in [5, 5.41) is 12.9.